The van der Waals surface area contributed by atoms with Gasteiger partial charge in [-0.15, -0.1) is 0 Å². The maximum Gasteiger partial charge on any atom is 0.244 e. The highest BCUT2D eigenvalue weighted by Crippen LogP contribution is 2.30. The third kappa shape index (κ3) is 3.99. The average molecular weight is 424 g/mol. The monoisotopic (exact) mass is 424 g/mol. The van der Waals surface area contributed by atoms with Crippen molar-refractivity contribution >= 4 is 21.6 Å². The number of aryl methyl sites for hydroxylation is 1. The van der Waals surface area contributed by atoms with Crippen molar-refractivity contribution in [1.29, 1.82) is 0 Å². The second kappa shape index (κ2) is 8.01. The summed E-state index contributed by atoms with van der Waals surface area (Å²) in [4.78, 5) is 13.2. The Kier molecular flexibility index (Phi) is 5.40. The van der Waals surface area contributed by atoms with Crippen molar-refractivity contribution in [3.63, 3.8) is 0 Å². The van der Waals surface area contributed by atoms with Gasteiger partial charge in [0.2, 0.25) is 15.9 Å². The molecule has 0 saturated heterocycles. The second-order valence-corrected chi connectivity index (χ2v) is 9.24. The maximum absolute atomic E-state index is 13.5. The van der Waals surface area contributed by atoms with Crippen molar-refractivity contribution in [3.05, 3.63) is 95.3 Å². The fraction of sp³-hybridized carbons (Fsp3) is 0.174. The Bertz CT molecular complexity index is 1190. The number of anilines is 1. The lowest BCUT2D eigenvalue weighted by Gasteiger charge is -2.35. The van der Waals surface area contributed by atoms with Crippen LogP contribution >= 0.6 is 0 Å². The number of carbonyl (C=O) groups excluding carboxylic acids is 1. The number of sulfonamides is 1. The Labute approximate surface area is 175 Å². The van der Waals surface area contributed by atoms with E-state index in [0.29, 0.717) is 0 Å². The molecule has 1 N–H and O–H groups in total. The molecular formula is C23H21FN2O3S. The minimum Gasteiger partial charge on any atom is -0.325 e. The van der Waals surface area contributed by atoms with Gasteiger partial charge in [-0.2, -0.15) is 4.31 Å². The molecule has 1 aliphatic heterocycles. The van der Waals surface area contributed by atoms with E-state index in [1.54, 1.807) is 30.3 Å². The zero-order valence-electron chi connectivity index (χ0n) is 16.4. The van der Waals surface area contributed by atoms with E-state index in [1.807, 2.05) is 31.2 Å². The standard InChI is InChI=1S/C23H21FN2O3S/c1-16-9-11-21(12-10-16)30(28,29)26-15-18-6-3-2-5-17(18)13-22(26)23(27)25-20-8-4-7-19(24)14-20/h2-12,14,22H,13,15H2,1H3,(H,25,27). The first-order valence-corrected chi connectivity index (χ1v) is 11.0. The molecule has 30 heavy (non-hydrogen) atoms. The number of nitrogens with one attached hydrogen (secondary N) is 1. The summed E-state index contributed by atoms with van der Waals surface area (Å²) in [5.41, 5.74) is 3.01. The molecule has 0 aliphatic carbocycles. The molecule has 7 heteroatoms. The number of carbonyl (C=O) groups is 1. The molecule has 1 heterocycles. The Morgan fingerprint density at radius 3 is 2.40 bits per heavy atom. The summed E-state index contributed by atoms with van der Waals surface area (Å²) < 4.78 is 41.6. The summed E-state index contributed by atoms with van der Waals surface area (Å²) in [7, 11) is -3.92. The van der Waals surface area contributed by atoms with Crippen LogP contribution in [0.3, 0.4) is 0 Å². The van der Waals surface area contributed by atoms with Crippen LogP contribution in [0.4, 0.5) is 10.1 Å². The van der Waals surface area contributed by atoms with E-state index in [2.05, 4.69) is 5.32 Å². The van der Waals surface area contributed by atoms with E-state index >= 15 is 0 Å². The van der Waals surface area contributed by atoms with Crippen LogP contribution in [-0.2, 0) is 27.8 Å². The van der Waals surface area contributed by atoms with Crippen LogP contribution in [0, 0.1) is 12.7 Å². The number of rotatable bonds is 4. The van der Waals surface area contributed by atoms with E-state index in [9.17, 15) is 17.6 Å². The molecule has 0 aromatic heterocycles. The number of hydrogen-bond acceptors (Lipinski definition) is 3. The van der Waals surface area contributed by atoms with Crippen molar-refractivity contribution in [2.45, 2.75) is 30.8 Å². The minimum atomic E-state index is -3.92. The van der Waals surface area contributed by atoms with Crippen LogP contribution < -0.4 is 5.32 Å². The van der Waals surface area contributed by atoms with E-state index in [0.717, 1.165) is 16.7 Å². The molecular weight excluding hydrogens is 403 g/mol. The highest BCUT2D eigenvalue weighted by Gasteiger charge is 2.39. The predicted molar refractivity (Wildman–Crippen MR) is 113 cm³/mol. The van der Waals surface area contributed by atoms with Gasteiger partial charge in [0.15, 0.2) is 0 Å². The van der Waals surface area contributed by atoms with Gasteiger partial charge in [0, 0.05) is 12.2 Å². The van der Waals surface area contributed by atoms with Gasteiger partial charge in [-0.1, -0.05) is 48.0 Å². The number of hydrogen-bond donors (Lipinski definition) is 1. The first kappa shape index (κ1) is 20.3. The molecule has 0 fully saturated rings. The van der Waals surface area contributed by atoms with Crippen molar-refractivity contribution < 1.29 is 17.6 Å². The molecule has 1 unspecified atom stereocenters. The number of halogens is 1. The zero-order chi connectivity index (χ0) is 21.3. The fourth-order valence-electron chi connectivity index (χ4n) is 3.61. The molecule has 0 radical (unpaired) electrons. The van der Waals surface area contributed by atoms with Crippen molar-refractivity contribution in [3.8, 4) is 0 Å². The number of fused-ring (bicyclic) bond motifs is 1. The van der Waals surface area contributed by atoms with E-state index in [4.69, 9.17) is 0 Å². The Hall–Kier alpha value is -3.03. The van der Waals surface area contributed by atoms with Gasteiger partial charge in [-0.05, 0) is 54.8 Å². The molecule has 1 amide bonds. The van der Waals surface area contributed by atoms with Gasteiger partial charge in [0.25, 0.3) is 0 Å². The summed E-state index contributed by atoms with van der Waals surface area (Å²) in [5, 5.41) is 2.66. The largest absolute Gasteiger partial charge is 0.325 e. The molecule has 3 aromatic rings. The first-order chi connectivity index (χ1) is 14.3. The molecule has 5 nitrogen and oxygen atoms in total. The van der Waals surface area contributed by atoms with Crippen LogP contribution in [0.2, 0.25) is 0 Å². The smallest absolute Gasteiger partial charge is 0.244 e. The number of amides is 1. The van der Waals surface area contributed by atoms with Crippen molar-refractivity contribution in [2.75, 3.05) is 5.32 Å². The Morgan fingerprint density at radius 2 is 1.70 bits per heavy atom. The number of benzene rings is 3. The summed E-state index contributed by atoms with van der Waals surface area (Å²) in [5.74, 6) is -0.975. The molecule has 4 rings (SSSR count). The third-order valence-corrected chi connectivity index (χ3v) is 7.10. The molecule has 3 aromatic carbocycles. The zero-order valence-corrected chi connectivity index (χ0v) is 17.2. The normalized spacial score (nSPS) is 16.7. The fourth-order valence-corrected chi connectivity index (χ4v) is 5.18. The Morgan fingerprint density at radius 1 is 1.00 bits per heavy atom. The summed E-state index contributed by atoms with van der Waals surface area (Å²) in [6.45, 7) is 1.97. The highest BCUT2D eigenvalue weighted by molar-refractivity contribution is 7.89. The van der Waals surface area contributed by atoms with Crippen LogP contribution in [0.25, 0.3) is 0 Å². The van der Waals surface area contributed by atoms with E-state index in [1.165, 1.54) is 22.5 Å². The lowest BCUT2D eigenvalue weighted by Crippen LogP contribution is -2.50. The summed E-state index contributed by atoms with van der Waals surface area (Å²) in [6.07, 6.45) is 0.239. The van der Waals surface area contributed by atoms with Crippen LogP contribution in [-0.4, -0.2) is 24.7 Å². The number of nitrogens with zero attached hydrogens (tertiary/aromatic N) is 1. The summed E-state index contributed by atoms with van der Waals surface area (Å²) >= 11 is 0. The second-order valence-electron chi connectivity index (χ2n) is 7.35. The lowest BCUT2D eigenvalue weighted by molar-refractivity contribution is -0.120. The third-order valence-electron chi connectivity index (χ3n) is 5.23. The SMILES string of the molecule is Cc1ccc(S(=O)(=O)N2Cc3ccccc3CC2C(=O)Nc2cccc(F)c2)cc1. The molecule has 0 bridgehead atoms. The highest BCUT2D eigenvalue weighted by atomic mass is 32.2. The van der Waals surface area contributed by atoms with Gasteiger partial charge in [-0.3, -0.25) is 4.79 Å². The first-order valence-electron chi connectivity index (χ1n) is 9.56. The predicted octanol–water partition coefficient (Wildman–Crippen LogP) is 3.89. The quantitative estimate of drug-likeness (QED) is 0.691. The molecule has 1 atom stereocenters. The Balaban J connectivity index is 1.71. The molecule has 0 spiro atoms. The van der Waals surface area contributed by atoms with Gasteiger partial charge in [0.1, 0.15) is 11.9 Å². The minimum absolute atomic E-state index is 0.0909. The van der Waals surface area contributed by atoms with Gasteiger partial charge >= 0.3 is 0 Å². The maximum atomic E-state index is 13.5. The van der Waals surface area contributed by atoms with Crippen LogP contribution in [0.1, 0.15) is 16.7 Å². The van der Waals surface area contributed by atoms with Crippen molar-refractivity contribution in [2.24, 2.45) is 0 Å². The van der Waals surface area contributed by atoms with Crippen molar-refractivity contribution in [1.82, 2.24) is 4.31 Å². The van der Waals surface area contributed by atoms with Gasteiger partial charge in [0.05, 0.1) is 4.90 Å². The molecule has 1 aliphatic rings. The van der Waals surface area contributed by atoms with E-state index < -0.39 is 27.8 Å². The molecule has 154 valence electrons. The van der Waals surface area contributed by atoms with Crippen LogP contribution in [0.5, 0.6) is 0 Å². The van der Waals surface area contributed by atoms with Crippen LogP contribution in [0.15, 0.2) is 77.7 Å². The van der Waals surface area contributed by atoms with Gasteiger partial charge in [-0.25, -0.2) is 12.8 Å². The van der Waals surface area contributed by atoms with Gasteiger partial charge < -0.3 is 5.32 Å². The van der Waals surface area contributed by atoms with E-state index in [-0.39, 0.29) is 23.5 Å². The molecule has 0 saturated carbocycles. The summed E-state index contributed by atoms with van der Waals surface area (Å²) in [6, 6.07) is 18.6. The topological polar surface area (TPSA) is 66.5 Å². The lowest BCUT2D eigenvalue weighted by atomic mass is 9.95. The average Bonchev–Trinajstić information content (AvgIpc) is 2.73.